The number of furan rings is 1. The number of phenols is 1. The van der Waals surface area contributed by atoms with E-state index in [4.69, 9.17) is 4.42 Å². The highest BCUT2D eigenvalue weighted by atomic mass is 79.9. The number of rotatable bonds is 4. The number of halogens is 1. The Labute approximate surface area is 125 Å². The Morgan fingerprint density at radius 2 is 2.20 bits per heavy atom. The average molecular weight is 339 g/mol. The van der Waals surface area contributed by atoms with Crippen molar-refractivity contribution in [2.24, 2.45) is 0 Å². The molecule has 1 heterocycles. The van der Waals surface area contributed by atoms with Gasteiger partial charge in [0.1, 0.15) is 11.5 Å². The Hall–Kier alpha value is -1.95. The quantitative estimate of drug-likeness (QED) is 0.800. The normalized spacial score (nSPS) is 11.9. The van der Waals surface area contributed by atoms with Gasteiger partial charge in [-0.25, -0.2) is 4.79 Å². The van der Waals surface area contributed by atoms with Gasteiger partial charge >= 0.3 is 6.03 Å². The van der Waals surface area contributed by atoms with Crippen LogP contribution >= 0.6 is 15.9 Å². The molecule has 6 heteroatoms. The van der Waals surface area contributed by atoms with Gasteiger partial charge in [-0.1, -0.05) is 12.1 Å². The first-order valence-electron chi connectivity index (χ1n) is 6.12. The number of carbonyl (C=O) groups excluding carboxylic acids is 1. The van der Waals surface area contributed by atoms with Gasteiger partial charge in [0.2, 0.25) is 0 Å². The van der Waals surface area contributed by atoms with E-state index in [0.717, 1.165) is 5.56 Å². The Bertz CT molecular complexity index is 598. The fraction of sp³-hybridized carbons (Fsp3) is 0.214. The second-order valence-corrected chi connectivity index (χ2v) is 5.13. The number of benzene rings is 1. The molecule has 0 spiro atoms. The summed E-state index contributed by atoms with van der Waals surface area (Å²) in [4.78, 5) is 11.8. The second-order valence-electron chi connectivity index (χ2n) is 4.35. The van der Waals surface area contributed by atoms with Crippen LogP contribution < -0.4 is 10.6 Å². The summed E-state index contributed by atoms with van der Waals surface area (Å²) in [7, 11) is 0. The molecule has 0 unspecified atom stereocenters. The third-order valence-corrected chi connectivity index (χ3v) is 3.20. The lowest BCUT2D eigenvalue weighted by Gasteiger charge is -2.14. The molecule has 20 heavy (non-hydrogen) atoms. The molecule has 0 aliphatic heterocycles. The van der Waals surface area contributed by atoms with Gasteiger partial charge in [-0.05, 0) is 52.7 Å². The number of nitrogens with one attached hydrogen (secondary N) is 2. The minimum atomic E-state index is -0.298. The van der Waals surface area contributed by atoms with Crippen LogP contribution in [0.4, 0.5) is 4.79 Å². The predicted octanol–water partition coefficient (Wildman–Crippen LogP) is 3.31. The van der Waals surface area contributed by atoms with E-state index in [1.165, 1.54) is 0 Å². The minimum absolute atomic E-state index is 0.178. The van der Waals surface area contributed by atoms with Crippen LogP contribution in [0.2, 0.25) is 0 Å². The third-order valence-electron chi connectivity index (χ3n) is 2.77. The molecule has 3 N–H and O–H groups in total. The molecule has 0 radical (unpaired) electrons. The maximum atomic E-state index is 11.8. The number of phenolic OH excluding ortho intramolecular Hbond substituents is 1. The maximum Gasteiger partial charge on any atom is 0.315 e. The van der Waals surface area contributed by atoms with Gasteiger partial charge in [-0.2, -0.15) is 0 Å². The average Bonchev–Trinajstić information content (AvgIpc) is 2.82. The van der Waals surface area contributed by atoms with Gasteiger partial charge < -0.3 is 20.2 Å². The molecule has 0 fully saturated rings. The lowest BCUT2D eigenvalue weighted by atomic mass is 10.1. The SMILES string of the molecule is C[C@H](NC(=O)NCc1ccc(Br)o1)c1cccc(O)c1. The van der Waals surface area contributed by atoms with Crippen molar-refractivity contribution in [1.82, 2.24) is 10.6 Å². The standard InChI is InChI=1S/C14H15BrN2O3/c1-9(10-3-2-4-11(18)7-10)17-14(19)16-8-12-5-6-13(15)20-12/h2-7,9,18H,8H2,1H3,(H2,16,17,19)/t9-/m0/s1. The maximum absolute atomic E-state index is 11.8. The van der Waals surface area contributed by atoms with Gasteiger partial charge in [-0.3, -0.25) is 0 Å². The summed E-state index contributed by atoms with van der Waals surface area (Å²) < 4.78 is 5.91. The Morgan fingerprint density at radius 1 is 1.40 bits per heavy atom. The monoisotopic (exact) mass is 338 g/mol. The smallest absolute Gasteiger partial charge is 0.315 e. The van der Waals surface area contributed by atoms with E-state index < -0.39 is 0 Å². The fourth-order valence-corrected chi connectivity index (χ4v) is 2.08. The Kier molecular flexibility index (Phi) is 4.68. The zero-order valence-electron chi connectivity index (χ0n) is 10.9. The van der Waals surface area contributed by atoms with Crippen molar-refractivity contribution in [1.29, 1.82) is 0 Å². The van der Waals surface area contributed by atoms with Crippen LogP contribution in [0.25, 0.3) is 0 Å². The topological polar surface area (TPSA) is 74.5 Å². The van der Waals surface area contributed by atoms with Crippen molar-refractivity contribution in [2.75, 3.05) is 0 Å². The van der Waals surface area contributed by atoms with Crippen molar-refractivity contribution in [3.05, 3.63) is 52.4 Å². The Morgan fingerprint density at radius 3 is 2.85 bits per heavy atom. The molecule has 0 saturated heterocycles. The van der Waals surface area contributed by atoms with Gasteiger partial charge in [0.05, 0.1) is 12.6 Å². The lowest BCUT2D eigenvalue weighted by molar-refractivity contribution is 0.236. The van der Waals surface area contributed by atoms with Crippen molar-refractivity contribution >= 4 is 22.0 Å². The van der Waals surface area contributed by atoms with Gasteiger partial charge in [0.15, 0.2) is 4.67 Å². The molecule has 2 aromatic rings. The number of carbonyl (C=O) groups is 1. The number of urea groups is 1. The van der Waals surface area contributed by atoms with Crippen molar-refractivity contribution in [2.45, 2.75) is 19.5 Å². The molecule has 5 nitrogen and oxygen atoms in total. The Balaban J connectivity index is 1.85. The van der Waals surface area contributed by atoms with E-state index >= 15 is 0 Å². The fourth-order valence-electron chi connectivity index (χ4n) is 1.74. The number of hydrogen-bond acceptors (Lipinski definition) is 3. The molecule has 1 atom stereocenters. The van der Waals surface area contributed by atoms with Crippen LogP contribution in [0.15, 0.2) is 45.5 Å². The zero-order chi connectivity index (χ0) is 14.5. The molecular formula is C14H15BrN2O3. The molecule has 0 aliphatic carbocycles. The van der Waals surface area contributed by atoms with E-state index in [9.17, 15) is 9.90 Å². The molecule has 2 rings (SSSR count). The minimum Gasteiger partial charge on any atom is -0.508 e. The highest BCUT2D eigenvalue weighted by Crippen LogP contribution is 2.17. The van der Waals surface area contributed by atoms with Crippen LogP contribution in [-0.2, 0) is 6.54 Å². The first-order valence-corrected chi connectivity index (χ1v) is 6.91. The molecule has 0 bridgehead atoms. The lowest BCUT2D eigenvalue weighted by Crippen LogP contribution is -2.36. The molecule has 0 aliphatic rings. The third kappa shape index (κ3) is 4.03. The van der Waals surface area contributed by atoms with Crippen LogP contribution in [0.3, 0.4) is 0 Å². The first kappa shape index (κ1) is 14.5. The molecule has 1 aromatic carbocycles. The number of aromatic hydroxyl groups is 1. The summed E-state index contributed by atoms with van der Waals surface area (Å²) >= 11 is 3.20. The van der Waals surface area contributed by atoms with E-state index in [0.29, 0.717) is 17.0 Å². The largest absolute Gasteiger partial charge is 0.508 e. The highest BCUT2D eigenvalue weighted by Gasteiger charge is 2.10. The van der Waals surface area contributed by atoms with Gasteiger partial charge in [-0.15, -0.1) is 0 Å². The van der Waals surface area contributed by atoms with Crippen LogP contribution in [-0.4, -0.2) is 11.1 Å². The highest BCUT2D eigenvalue weighted by molar-refractivity contribution is 9.10. The van der Waals surface area contributed by atoms with Crippen LogP contribution in [0.5, 0.6) is 5.75 Å². The van der Waals surface area contributed by atoms with Crippen LogP contribution in [0, 0.1) is 0 Å². The zero-order valence-corrected chi connectivity index (χ0v) is 12.5. The predicted molar refractivity (Wildman–Crippen MR) is 78.3 cm³/mol. The first-order chi connectivity index (χ1) is 9.54. The summed E-state index contributed by atoms with van der Waals surface area (Å²) in [6, 6.07) is 9.83. The van der Waals surface area contributed by atoms with Gasteiger partial charge in [0, 0.05) is 0 Å². The van der Waals surface area contributed by atoms with Crippen molar-refractivity contribution in [3.8, 4) is 5.75 Å². The van der Waals surface area contributed by atoms with E-state index in [-0.39, 0.29) is 17.8 Å². The number of amides is 2. The second kappa shape index (κ2) is 6.47. The summed E-state index contributed by atoms with van der Waals surface area (Å²) in [6.45, 7) is 2.15. The van der Waals surface area contributed by atoms with E-state index in [2.05, 4.69) is 26.6 Å². The number of hydrogen-bond donors (Lipinski definition) is 3. The molecule has 2 amide bonds. The molecule has 1 aromatic heterocycles. The summed E-state index contributed by atoms with van der Waals surface area (Å²) in [5, 5.41) is 14.9. The molecular weight excluding hydrogens is 324 g/mol. The van der Waals surface area contributed by atoms with Crippen molar-refractivity contribution < 1.29 is 14.3 Å². The summed E-state index contributed by atoms with van der Waals surface area (Å²) in [5.74, 6) is 0.842. The summed E-state index contributed by atoms with van der Waals surface area (Å²) in [6.07, 6.45) is 0. The van der Waals surface area contributed by atoms with Crippen LogP contribution in [0.1, 0.15) is 24.3 Å². The van der Waals surface area contributed by atoms with E-state index in [1.807, 2.05) is 13.0 Å². The summed E-state index contributed by atoms with van der Waals surface area (Å²) in [5.41, 5.74) is 0.834. The molecule has 0 saturated carbocycles. The van der Waals surface area contributed by atoms with Gasteiger partial charge in [0.25, 0.3) is 0 Å². The molecule has 106 valence electrons. The van der Waals surface area contributed by atoms with E-state index in [1.54, 1.807) is 30.3 Å². The van der Waals surface area contributed by atoms with Crippen molar-refractivity contribution in [3.63, 3.8) is 0 Å².